The lowest BCUT2D eigenvalue weighted by Crippen LogP contribution is -2.26. The van der Waals surface area contributed by atoms with Crippen molar-refractivity contribution >= 4 is 21.9 Å². The van der Waals surface area contributed by atoms with Crippen LogP contribution in [0.1, 0.15) is 30.9 Å². The summed E-state index contributed by atoms with van der Waals surface area (Å²) in [6.07, 6.45) is 0.511. The van der Waals surface area contributed by atoms with Crippen molar-refractivity contribution < 1.29 is 18.7 Å². The van der Waals surface area contributed by atoms with Crippen molar-refractivity contribution in [2.75, 3.05) is 13.2 Å². The topological polar surface area (TPSA) is 73.6 Å². The molecule has 0 aliphatic rings. The van der Waals surface area contributed by atoms with Crippen LogP contribution in [0.15, 0.2) is 51.4 Å². The number of carbonyl (C=O) groups excluding carboxylic acids is 1. The lowest BCUT2D eigenvalue weighted by Gasteiger charge is -2.10. The van der Waals surface area contributed by atoms with Gasteiger partial charge in [-0.1, -0.05) is 34.1 Å². The van der Waals surface area contributed by atoms with Crippen LogP contribution in [0.2, 0.25) is 0 Å². The van der Waals surface area contributed by atoms with E-state index in [-0.39, 0.29) is 18.6 Å². The van der Waals surface area contributed by atoms with Gasteiger partial charge < -0.3 is 19.2 Å². The molecule has 0 fully saturated rings. The number of nitrogens with zero attached hydrogens (tertiary/aromatic N) is 1. The molecule has 0 aliphatic heterocycles. The number of aromatic nitrogens is 1. The number of halogens is 1. The Kier molecular flexibility index (Phi) is 8.26. The van der Waals surface area contributed by atoms with Crippen molar-refractivity contribution in [2.45, 2.75) is 39.8 Å². The van der Waals surface area contributed by atoms with E-state index in [1.54, 1.807) is 0 Å². The van der Waals surface area contributed by atoms with Crippen molar-refractivity contribution in [3.8, 4) is 17.2 Å². The number of carbonyl (C=O) groups is 1. The molecule has 3 rings (SSSR count). The van der Waals surface area contributed by atoms with Crippen LogP contribution in [-0.4, -0.2) is 30.2 Å². The number of nitrogens with one attached hydrogen (secondary N) is 1. The van der Waals surface area contributed by atoms with Crippen molar-refractivity contribution in [3.63, 3.8) is 0 Å². The zero-order valence-electron chi connectivity index (χ0n) is 17.9. The predicted octanol–water partition coefficient (Wildman–Crippen LogP) is 4.88. The van der Waals surface area contributed by atoms with Crippen LogP contribution in [0.5, 0.6) is 5.75 Å². The number of hydrogen-bond donors (Lipinski definition) is 1. The number of esters is 1. The minimum atomic E-state index is -0.271. The van der Waals surface area contributed by atoms with E-state index in [0.29, 0.717) is 31.2 Å². The summed E-state index contributed by atoms with van der Waals surface area (Å²) in [5.41, 5.74) is 2.70. The average molecular weight is 486 g/mol. The second kappa shape index (κ2) is 11.1. The first-order valence-electron chi connectivity index (χ1n) is 10.2. The Bertz CT molecular complexity index is 1020. The molecular formula is C24H26BrN2O4. The minimum absolute atomic E-state index is 0.114. The number of benzene rings is 2. The lowest BCUT2D eigenvalue weighted by atomic mass is 10.2. The molecule has 0 saturated carbocycles. The Morgan fingerprint density at radius 3 is 2.84 bits per heavy atom. The van der Waals surface area contributed by atoms with Gasteiger partial charge in [0.25, 0.3) is 0 Å². The summed E-state index contributed by atoms with van der Waals surface area (Å²) < 4.78 is 17.8. The molecule has 0 saturated heterocycles. The molecule has 31 heavy (non-hydrogen) atoms. The molecular weight excluding hydrogens is 460 g/mol. The summed E-state index contributed by atoms with van der Waals surface area (Å²) in [6.45, 7) is 6.68. The molecule has 1 N–H and O–H groups in total. The molecule has 0 unspecified atom stereocenters. The molecule has 3 aromatic rings. The zero-order chi connectivity index (χ0) is 22.2. The van der Waals surface area contributed by atoms with Gasteiger partial charge in [0.1, 0.15) is 11.5 Å². The number of hydrogen-bond acceptors (Lipinski definition) is 6. The SMILES string of the molecule is Cc1oc(-c2cccc(Br)c2)nc1CCOc1[c]c(CNCC(=O)OC(C)C)ccc1. The first kappa shape index (κ1) is 23.0. The molecule has 0 aliphatic carbocycles. The molecule has 6 nitrogen and oxygen atoms in total. The Hall–Kier alpha value is -2.64. The standard InChI is InChI=1S/C24H26BrN2O4/c1-16(2)30-23(28)15-26-14-18-6-4-9-21(12-18)29-11-10-22-17(3)31-24(27-22)19-7-5-8-20(25)13-19/h4-9,13,16,26H,10-11,14-15H2,1-3H3. The molecule has 7 heteroatoms. The highest BCUT2D eigenvalue weighted by Crippen LogP contribution is 2.25. The molecule has 1 radical (unpaired) electrons. The quantitative estimate of drug-likeness (QED) is 0.412. The minimum Gasteiger partial charge on any atom is -0.493 e. The first-order chi connectivity index (χ1) is 14.9. The number of aryl methyl sites for hydroxylation is 1. The monoisotopic (exact) mass is 485 g/mol. The number of ether oxygens (including phenoxy) is 2. The van der Waals surface area contributed by atoms with Gasteiger partial charge in [0.2, 0.25) is 5.89 Å². The molecule has 163 valence electrons. The van der Waals surface area contributed by atoms with E-state index >= 15 is 0 Å². The summed E-state index contributed by atoms with van der Waals surface area (Å²) in [4.78, 5) is 16.2. The van der Waals surface area contributed by atoms with Gasteiger partial charge in [-0.15, -0.1) is 0 Å². The van der Waals surface area contributed by atoms with E-state index in [9.17, 15) is 4.79 Å². The molecule has 0 atom stereocenters. The third-order valence-electron chi connectivity index (χ3n) is 4.34. The normalized spacial score (nSPS) is 11.0. The Morgan fingerprint density at radius 1 is 1.26 bits per heavy atom. The van der Waals surface area contributed by atoms with Gasteiger partial charge in [-0.2, -0.15) is 0 Å². The molecule has 2 aromatic carbocycles. The maximum absolute atomic E-state index is 11.6. The van der Waals surface area contributed by atoms with Gasteiger partial charge in [-0.05, 0) is 50.6 Å². The first-order valence-corrected chi connectivity index (χ1v) is 11.0. The lowest BCUT2D eigenvalue weighted by molar-refractivity contribution is -0.146. The van der Waals surface area contributed by atoms with Crippen LogP contribution >= 0.6 is 15.9 Å². The maximum Gasteiger partial charge on any atom is 0.320 e. The van der Waals surface area contributed by atoms with Gasteiger partial charge in [-0.3, -0.25) is 4.79 Å². The fourth-order valence-corrected chi connectivity index (χ4v) is 3.35. The average Bonchev–Trinajstić information content (AvgIpc) is 3.08. The fourth-order valence-electron chi connectivity index (χ4n) is 2.95. The van der Waals surface area contributed by atoms with E-state index in [1.165, 1.54) is 0 Å². The van der Waals surface area contributed by atoms with Crippen molar-refractivity contribution in [2.24, 2.45) is 0 Å². The fraction of sp³-hybridized carbons (Fsp3) is 0.333. The highest BCUT2D eigenvalue weighted by atomic mass is 79.9. The third kappa shape index (κ3) is 7.22. The number of rotatable bonds is 10. The molecule has 1 aromatic heterocycles. The van der Waals surface area contributed by atoms with Crippen LogP contribution in [0, 0.1) is 13.0 Å². The van der Waals surface area contributed by atoms with Gasteiger partial charge in [-0.25, -0.2) is 4.98 Å². The smallest absolute Gasteiger partial charge is 0.320 e. The van der Waals surface area contributed by atoms with Crippen molar-refractivity contribution in [1.29, 1.82) is 0 Å². The summed E-state index contributed by atoms with van der Waals surface area (Å²) in [5.74, 6) is 1.77. The molecule has 0 amide bonds. The van der Waals surface area contributed by atoms with Crippen LogP contribution in [0.3, 0.4) is 0 Å². The van der Waals surface area contributed by atoms with E-state index in [0.717, 1.165) is 27.1 Å². The second-order valence-corrected chi connectivity index (χ2v) is 8.23. The molecule has 0 bridgehead atoms. The highest BCUT2D eigenvalue weighted by molar-refractivity contribution is 9.10. The summed E-state index contributed by atoms with van der Waals surface area (Å²) in [7, 11) is 0. The van der Waals surface area contributed by atoms with Gasteiger partial charge in [0, 0.05) is 29.1 Å². The maximum atomic E-state index is 11.6. The third-order valence-corrected chi connectivity index (χ3v) is 4.83. The Balaban J connectivity index is 1.50. The van der Waals surface area contributed by atoms with E-state index in [2.05, 4.69) is 32.3 Å². The van der Waals surface area contributed by atoms with E-state index in [1.807, 2.05) is 63.2 Å². The largest absolute Gasteiger partial charge is 0.493 e. The van der Waals surface area contributed by atoms with Gasteiger partial charge >= 0.3 is 5.97 Å². The van der Waals surface area contributed by atoms with Gasteiger partial charge in [0.05, 0.1) is 24.9 Å². The van der Waals surface area contributed by atoms with Crippen LogP contribution in [0.25, 0.3) is 11.5 Å². The Labute approximate surface area is 191 Å². The van der Waals surface area contributed by atoms with E-state index < -0.39 is 0 Å². The van der Waals surface area contributed by atoms with E-state index in [4.69, 9.17) is 13.9 Å². The second-order valence-electron chi connectivity index (χ2n) is 7.31. The summed E-state index contributed by atoms with van der Waals surface area (Å²) >= 11 is 3.47. The summed E-state index contributed by atoms with van der Waals surface area (Å²) in [5, 5.41) is 3.06. The Morgan fingerprint density at radius 2 is 2.06 bits per heavy atom. The van der Waals surface area contributed by atoms with Crippen molar-refractivity contribution in [1.82, 2.24) is 10.3 Å². The van der Waals surface area contributed by atoms with Crippen LogP contribution in [0.4, 0.5) is 0 Å². The van der Waals surface area contributed by atoms with Crippen LogP contribution < -0.4 is 10.1 Å². The zero-order valence-corrected chi connectivity index (χ0v) is 19.5. The molecule has 0 spiro atoms. The van der Waals surface area contributed by atoms with Crippen LogP contribution in [-0.2, 0) is 22.5 Å². The molecule has 1 heterocycles. The number of oxazole rings is 1. The van der Waals surface area contributed by atoms with Gasteiger partial charge in [0.15, 0.2) is 0 Å². The predicted molar refractivity (Wildman–Crippen MR) is 122 cm³/mol. The highest BCUT2D eigenvalue weighted by Gasteiger charge is 2.12. The van der Waals surface area contributed by atoms with Crippen molar-refractivity contribution in [3.05, 3.63) is 70.0 Å². The summed E-state index contributed by atoms with van der Waals surface area (Å²) in [6, 6.07) is 16.8.